The third-order valence-electron chi connectivity index (χ3n) is 3.07. The average molecular weight is 229 g/mol. The Morgan fingerprint density at radius 3 is 3.06 bits per heavy atom. The van der Waals surface area contributed by atoms with E-state index < -0.39 is 0 Å². The number of likely N-dealkylation sites (tertiary alicyclic amines) is 1. The lowest BCUT2D eigenvalue weighted by atomic mass is 9.95. The first-order chi connectivity index (χ1) is 7.77. The Labute approximate surface area is 97.6 Å². The molecule has 4 nitrogen and oxygen atoms in total. The molecule has 1 fully saturated rings. The molecule has 0 aromatic rings. The van der Waals surface area contributed by atoms with Crippen LogP contribution in [0.1, 0.15) is 32.6 Å². The standard InChI is InChI=1S/C12H23NO3/c1-2-16-9-6-12(15)13-7-3-4-11(10-13)5-8-14/h11,14H,2-10H2,1H3. The van der Waals surface area contributed by atoms with Crippen molar-refractivity contribution < 1.29 is 14.6 Å². The maximum absolute atomic E-state index is 11.8. The molecule has 4 heteroatoms. The molecular weight excluding hydrogens is 206 g/mol. The first kappa shape index (κ1) is 13.5. The number of nitrogens with zero attached hydrogens (tertiary/aromatic N) is 1. The molecule has 0 radical (unpaired) electrons. The van der Waals surface area contributed by atoms with Crippen molar-refractivity contribution in [3.8, 4) is 0 Å². The minimum absolute atomic E-state index is 0.191. The number of ether oxygens (including phenoxy) is 1. The molecule has 0 spiro atoms. The van der Waals surface area contributed by atoms with E-state index in [-0.39, 0.29) is 12.5 Å². The topological polar surface area (TPSA) is 49.8 Å². The van der Waals surface area contributed by atoms with Crippen LogP contribution in [-0.2, 0) is 9.53 Å². The normalized spacial score (nSPS) is 21.1. The van der Waals surface area contributed by atoms with Crippen molar-refractivity contribution >= 4 is 5.91 Å². The van der Waals surface area contributed by atoms with Crippen LogP contribution >= 0.6 is 0 Å². The lowest BCUT2D eigenvalue weighted by Gasteiger charge is -2.32. The van der Waals surface area contributed by atoms with Gasteiger partial charge in [0.2, 0.25) is 5.91 Å². The number of hydrogen-bond acceptors (Lipinski definition) is 3. The molecule has 1 rings (SSSR count). The van der Waals surface area contributed by atoms with E-state index in [1.807, 2.05) is 11.8 Å². The molecular formula is C12H23NO3. The molecule has 0 saturated carbocycles. The van der Waals surface area contributed by atoms with Gasteiger partial charge < -0.3 is 14.7 Å². The highest BCUT2D eigenvalue weighted by Gasteiger charge is 2.22. The van der Waals surface area contributed by atoms with Gasteiger partial charge >= 0.3 is 0 Å². The highest BCUT2D eigenvalue weighted by Crippen LogP contribution is 2.19. The van der Waals surface area contributed by atoms with Crippen LogP contribution in [0.4, 0.5) is 0 Å². The van der Waals surface area contributed by atoms with Crippen molar-refractivity contribution in [3.05, 3.63) is 0 Å². The Kier molecular flexibility index (Phi) is 6.42. The first-order valence-electron chi connectivity index (χ1n) is 6.24. The van der Waals surface area contributed by atoms with Crippen molar-refractivity contribution in [1.82, 2.24) is 4.90 Å². The molecule has 1 saturated heterocycles. The summed E-state index contributed by atoms with van der Waals surface area (Å²) >= 11 is 0. The summed E-state index contributed by atoms with van der Waals surface area (Å²) < 4.78 is 5.18. The maximum Gasteiger partial charge on any atom is 0.224 e. The molecule has 94 valence electrons. The summed E-state index contributed by atoms with van der Waals surface area (Å²) in [5, 5.41) is 8.89. The molecule has 0 aliphatic carbocycles. The minimum atomic E-state index is 0.191. The van der Waals surface area contributed by atoms with Gasteiger partial charge in [0.1, 0.15) is 0 Å². The van der Waals surface area contributed by atoms with Gasteiger partial charge in [0.15, 0.2) is 0 Å². The molecule has 1 amide bonds. The van der Waals surface area contributed by atoms with E-state index in [4.69, 9.17) is 9.84 Å². The predicted octanol–water partition coefficient (Wildman–Crippen LogP) is 1.03. The first-order valence-corrected chi connectivity index (χ1v) is 6.24. The molecule has 1 unspecified atom stereocenters. The third-order valence-corrected chi connectivity index (χ3v) is 3.07. The van der Waals surface area contributed by atoms with Crippen LogP contribution in [-0.4, -0.2) is 48.8 Å². The zero-order chi connectivity index (χ0) is 11.8. The molecule has 1 heterocycles. The van der Waals surface area contributed by atoms with Gasteiger partial charge in [0, 0.05) is 26.3 Å². The number of rotatable bonds is 6. The lowest BCUT2D eigenvalue weighted by molar-refractivity contribution is -0.134. The SMILES string of the molecule is CCOCCC(=O)N1CCCC(CCO)C1. The van der Waals surface area contributed by atoms with E-state index in [1.165, 1.54) is 0 Å². The van der Waals surface area contributed by atoms with E-state index in [2.05, 4.69) is 0 Å². The number of amides is 1. The smallest absolute Gasteiger partial charge is 0.224 e. The van der Waals surface area contributed by atoms with Gasteiger partial charge in [0.25, 0.3) is 0 Å². The number of aliphatic hydroxyl groups is 1. The molecule has 1 aliphatic heterocycles. The van der Waals surface area contributed by atoms with E-state index in [0.29, 0.717) is 25.6 Å². The van der Waals surface area contributed by atoms with E-state index in [1.54, 1.807) is 0 Å². The number of aliphatic hydroxyl groups excluding tert-OH is 1. The maximum atomic E-state index is 11.8. The fraction of sp³-hybridized carbons (Fsp3) is 0.917. The molecule has 0 aromatic carbocycles. The zero-order valence-corrected chi connectivity index (χ0v) is 10.2. The van der Waals surface area contributed by atoms with Crippen LogP contribution in [0.2, 0.25) is 0 Å². The summed E-state index contributed by atoms with van der Waals surface area (Å²) in [6.45, 7) is 5.03. The van der Waals surface area contributed by atoms with Crippen molar-refractivity contribution in [1.29, 1.82) is 0 Å². The fourth-order valence-electron chi connectivity index (χ4n) is 2.17. The Morgan fingerprint density at radius 1 is 1.56 bits per heavy atom. The molecule has 1 aliphatic rings. The highest BCUT2D eigenvalue weighted by atomic mass is 16.5. The van der Waals surface area contributed by atoms with Gasteiger partial charge in [-0.1, -0.05) is 0 Å². The Balaban J connectivity index is 2.26. The van der Waals surface area contributed by atoms with Gasteiger partial charge in [-0.3, -0.25) is 4.79 Å². The number of carbonyl (C=O) groups is 1. The van der Waals surface area contributed by atoms with Crippen molar-refractivity contribution in [3.63, 3.8) is 0 Å². The van der Waals surface area contributed by atoms with Gasteiger partial charge in [-0.15, -0.1) is 0 Å². The third kappa shape index (κ3) is 4.49. The van der Waals surface area contributed by atoms with Crippen molar-refractivity contribution in [2.24, 2.45) is 5.92 Å². The van der Waals surface area contributed by atoms with Crippen molar-refractivity contribution in [2.75, 3.05) is 32.9 Å². The summed E-state index contributed by atoms with van der Waals surface area (Å²) in [4.78, 5) is 13.7. The zero-order valence-electron chi connectivity index (χ0n) is 10.2. The summed E-state index contributed by atoms with van der Waals surface area (Å²) in [6.07, 6.45) is 3.50. The Bertz CT molecular complexity index is 206. The van der Waals surface area contributed by atoms with E-state index in [0.717, 1.165) is 32.4 Å². The summed E-state index contributed by atoms with van der Waals surface area (Å²) in [6, 6.07) is 0. The van der Waals surface area contributed by atoms with Crippen LogP contribution in [0.25, 0.3) is 0 Å². The molecule has 0 bridgehead atoms. The predicted molar refractivity (Wildman–Crippen MR) is 62.1 cm³/mol. The number of hydrogen-bond donors (Lipinski definition) is 1. The van der Waals surface area contributed by atoms with Gasteiger partial charge in [-0.2, -0.15) is 0 Å². The second-order valence-corrected chi connectivity index (χ2v) is 4.31. The quantitative estimate of drug-likeness (QED) is 0.692. The van der Waals surface area contributed by atoms with Gasteiger partial charge in [-0.25, -0.2) is 0 Å². The van der Waals surface area contributed by atoms with Crippen LogP contribution < -0.4 is 0 Å². The van der Waals surface area contributed by atoms with E-state index in [9.17, 15) is 4.79 Å². The summed E-state index contributed by atoms with van der Waals surface area (Å²) in [7, 11) is 0. The lowest BCUT2D eigenvalue weighted by Crippen LogP contribution is -2.40. The van der Waals surface area contributed by atoms with Crippen LogP contribution in [0.5, 0.6) is 0 Å². The molecule has 1 atom stereocenters. The van der Waals surface area contributed by atoms with Crippen LogP contribution in [0, 0.1) is 5.92 Å². The van der Waals surface area contributed by atoms with Gasteiger partial charge in [0.05, 0.1) is 13.0 Å². The summed E-state index contributed by atoms with van der Waals surface area (Å²) in [5.41, 5.74) is 0. The Morgan fingerprint density at radius 2 is 2.38 bits per heavy atom. The minimum Gasteiger partial charge on any atom is -0.396 e. The summed E-state index contributed by atoms with van der Waals surface area (Å²) in [5.74, 6) is 0.672. The second kappa shape index (κ2) is 7.63. The monoisotopic (exact) mass is 229 g/mol. The largest absolute Gasteiger partial charge is 0.396 e. The average Bonchev–Trinajstić information content (AvgIpc) is 2.30. The number of carbonyl (C=O) groups excluding carboxylic acids is 1. The molecule has 16 heavy (non-hydrogen) atoms. The fourth-order valence-corrected chi connectivity index (χ4v) is 2.17. The molecule has 0 aromatic heterocycles. The highest BCUT2D eigenvalue weighted by molar-refractivity contribution is 5.76. The van der Waals surface area contributed by atoms with Crippen molar-refractivity contribution in [2.45, 2.75) is 32.6 Å². The second-order valence-electron chi connectivity index (χ2n) is 4.31. The Hall–Kier alpha value is -0.610. The molecule has 1 N–H and O–H groups in total. The number of piperidine rings is 1. The van der Waals surface area contributed by atoms with Crippen LogP contribution in [0.15, 0.2) is 0 Å². The van der Waals surface area contributed by atoms with E-state index >= 15 is 0 Å². The van der Waals surface area contributed by atoms with Crippen LogP contribution in [0.3, 0.4) is 0 Å². The van der Waals surface area contributed by atoms with Gasteiger partial charge in [-0.05, 0) is 32.1 Å².